The fourth-order valence-electron chi connectivity index (χ4n) is 1.80. The second kappa shape index (κ2) is 4.30. The number of pyridine rings is 1. The van der Waals surface area contributed by atoms with Crippen LogP contribution in [0, 0.1) is 6.92 Å². The number of rotatable bonds is 4. The zero-order valence-electron chi connectivity index (χ0n) is 9.93. The average molecular weight is 228 g/mol. The molecule has 0 radical (unpaired) electrons. The molecule has 4 nitrogen and oxygen atoms in total. The van der Waals surface area contributed by atoms with Crippen LogP contribution in [-0.2, 0) is 6.54 Å². The summed E-state index contributed by atoms with van der Waals surface area (Å²) in [5, 5.41) is 7.86. The van der Waals surface area contributed by atoms with Crippen molar-refractivity contribution in [2.75, 3.05) is 0 Å². The minimum Gasteiger partial charge on any atom is -0.308 e. The van der Waals surface area contributed by atoms with Crippen molar-refractivity contribution in [2.45, 2.75) is 32.4 Å². The zero-order valence-corrected chi connectivity index (χ0v) is 9.93. The summed E-state index contributed by atoms with van der Waals surface area (Å²) in [6, 6.07) is 6.78. The molecule has 2 aromatic heterocycles. The zero-order chi connectivity index (χ0) is 11.7. The lowest BCUT2D eigenvalue weighted by Gasteiger charge is -2.05. The molecule has 1 aliphatic rings. The van der Waals surface area contributed by atoms with Gasteiger partial charge >= 0.3 is 0 Å². The van der Waals surface area contributed by atoms with Crippen LogP contribution in [-0.4, -0.2) is 20.8 Å². The Morgan fingerprint density at radius 3 is 3.00 bits per heavy atom. The van der Waals surface area contributed by atoms with Gasteiger partial charge in [-0.1, -0.05) is 0 Å². The highest BCUT2D eigenvalue weighted by Gasteiger charge is 2.20. The Balaban J connectivity index is 1.77. The van der Waals surface area contributed by atoms with Crippen molar-refractivity contribution in [3.63, 3.8) is 0 Å². The molecule has 2 aromatic rings. The largest absolute Gasteiger partial charge is 0.308 e. The first-order valence-corrected chi connectivity index (χ1v) is 6.02. The van der Waals surface area contributed by atoms with Crippen molar-refractivity contribution in [1.29, 1.82) is 0 Å². The van der Waals surface area contributed by atoms with Crippen LogP contribution < -0.4 is 5.32 Å². The summed E-state index contributed by atoms with van der Waals surface area (Å²) in [6.07, 6.45) is 6.43. The Bertz CT molecular complexity index is 514. The molecule has 1 saturated carbocycles. The first-order chi connectivity index (χ1) is 8.31. The van der Waals surface area contributed by atoms with E-state index >= 15 is 0 Å². The maximum Gasteiger partial charge on any atom is 0.0679 e. The van der Waals surface area contributed by atoms with Gasteiger partial charge in [0.25, 0.3) is 0 Å². The minimum atomic E-state index is 0.715. The van der Waals surface area contributed by atoms with E-state index in [0.717, 1.165) is 23.6 Å². The molecular weight excluding hydrogens is 212 g/mol. The third-order valence-electron chi connectivity index (χ3n) is 2.94. The van der Waals surface area contributed by atoms with Gasteiger partial charge in [-0.25, -0.2) is 4.68 Å². The van der Waals surface area contributed by atoms with Crippen molar-refractivity contribution >= 4 is 0 Å². The van der Waals surface area contributed by atoms with E-state index in [4.69, 9.17) is 0 Å². The number of aryl methyl sites for hydroxylation is 1. The Labute approximate surface area is 101 Å². The number of aromatic nitrogens is 3. The Morgan fingerprint density at radius 1 is 1.41 bits per heavy atom. The van der Waals surface area contributed by atoms with Crippen LogP contribution in [0.1, 0.15) is 24.2 Å². The highest BCUT2D eigenvalue weighted by atomic mass is 15.3. The lowest BCUT2D eigenvalue weighted by atomic mass is 10.3. The molecular formula is C13H16N4. The summed E-state index contributed by atoms with van der Waals surface area (Å²) < 4.78 is 1.89. The van der Waals surface area contributed by atoms with E-state index in [0.29, 0.717) is 6.04 Å². The molecule has 3 rings (SSSR count). The molecule has 0 atom stereocenters. The Morgan fingerprint density at radius 2 is 2.29 bits per heavy atom. The first-order valence-electron chi connectivity index (χ1n) is 6.02. The molecule has 0 amide bonds. The summed E-state index contributed by atoms with van der Waals surface area (Å²) >= 11 is 0. The second-order valence-corrected chi connectivity index (χ2v) is 4.56. The van der Waals surface area contributed by atoms with Crippen LogP contribution in [0.3, 0.4) is 0 Å². The van der Waals surface area contributed by atoms with Crippen molar-refractivity contribution in [1.82, 2.24) is 20.1 Å². The number of hydrogen-bond acceptors (Lipinski definition) is 3. The van der Waals surface area contributed by atoms with Gasteiger partial charge < -0.3 is 5.32 Å². The van der Waals surface area contributed by atoms with Crippen LogP contribution in [0.25, 0.3) is 5.69 Å². The van der Waals surface area contributed by atoms with Crippen molar-refractivity contribution in [2.24, 2.45) is 0 Å². The number of nitrogens with one attached hydrogen (secondary N) is 1. The quantitative estimate of drug-likeness (QED) is 0.868. The maximum absolute atomic E-state index is 4.40. The van der Waals surface area contributed by atoms with Crippen molar-refractivity contribution < 1.29 is 0 Å². The summed E-state index contributed by atoms with van der Waals surface area (Å²) in [5.74, 6) is 0. The molecule has 0 bridgehead atoms. The van der Waals surface area contributed by atoms with Gasteiger partial charge in [0, 0.05) is 25.0 Å². The summed E-state index contributed by atoms with van der Waals surface area (Å²) in [5.41, 5.74) is 3.17. The van der Waals surface area contributed by atoms with E-state index in [1.54, 1.807) is 0 Å². The van der Waals surface area contributed by atoms with E-state index in [-0.39, 0.29) is 0 Å². The number of nitrogens with zero attached hydrogens (tertiary/aromatic N) is 3. The minimum absolute atomic E-state index is 0.715. The topological polar surface area (TPSA) is 42.7 Å². The third-order valence-corrected chi connectivity index (χ3v) is 2.94. The molecule has 4 heteroatoms. The average Bonchev–Trinajstić information content (AvgIpc) is 3.08. The smallest absolute Gasteiger partial charge is 0.0679 e. The van der Waals surface area contributed by atoms with Crippen LogP contribution >= 0.6 is 0 Å². The molecule has 1 aliphatic carbocycles. The van der Waals surface area contributed by atoms with Gasteiger partial charge in [0.2, 0.25) is 0 Å². The van der Waals surface area contributed by atoms with Crippen LogP contribution in [0.5, 0.6) is 0 Å². The normalized spacial score (nSPS) is 15.1. The molecule has 0 aliphatic heterocycles. The van der Waals surface area contributed by atoms with Gasteiger partial charge in [0.1, 0.15) is 0 Å². The highest BCUT2D eigenvalue weighted by molar-refractivity contribution is 5.31. The molecule has 2 heterocycles. The summed E-state index contributed by atoms with van der Waals surface area (Å²) in [6.45, 7) is 2.84. The number of hydrogen-bond donors (Lipinski definition) is 1. The van der Waals surface area contributed by atoms with Crippen LogP contribution in [0.15, 0.2) is 30.6 Å². The molecule has 0 aromatic carbocycles. The molecule has 1 fully saturated rings. The van der Waals surface area contributed by atoms with E-state index in [1.165, 1.54) is 12.8 Å². The van der Waals surface area contributed by atoms with E-state index in [1.807, 2.05) is 36.1 Å². The Kier molecular flexibility index (Phi) is 2.65. The summed E-state index contributed by atoms with van der Waals surface area (Å²) in [4.78, 5) is 4.37. The van der Waals surface area contributed by atoms with Gasteiger partial charge in [0.15, 0.2) is 0 Å². The standard InChI is InChI=1S/C13H16N4/c1-10-5-7-17(16-10)13-4-6-14-12(8-13)9-15-11-2-3-11/h4-8,11,15H,2-3,9H2,1H3. The van der Waals surface area contributed by atoms with Gasteiger partial charge in [-0.15, -0.1) is 0 Å². The van der Waals surface area contributed by atoms with E-state index in [9.17, 15) is 0 Å². The monoisotopic (exact) mass is 228 g/mol. The van der Waals surface area contributed by atoms with Gasteiger partial charge in [0.05, 0.1) is 17.1 Å². The molecule has 0 saturated heterocycles. The maximum atomic E-state index is 4.40. The summed E-state index contributed by atoms with van der Waals surface area (Å²) in [7, 11) is 0. The first kappa shape index (κ1) is 10.5. The highest BCUT2D eigenvalue weighted by Crippen LogP contribution is 2.19. The van der Waals surface area contributed by atoms with E-state index < -0.39 is 0 Å². The second-order valence-electron chi connectivity index (χ2n) is 4.56. The predicted octanol–water partition coefficient (Wildman–Crippen LogP) is 1.83. The van der Waals surface area contributed by atoms with Gasteiger partial charge in [-0.05, 0) is 38.0 Å². The fraction of sp³-hybridized carbons (Fsp3) is 0.385. The Hall–Kier alpha value is -1.68. The van der Waals surface area contributed by atoms with E-state index in [2.05, 4.69) is 21.5 Å². The lowest BCUT2D eigenvalue weighted by molar-refractivity contribution is 0.673. The molecule has 17 heavy (non-hydrogen) atoms. The van der Waals surface area contributed by atoms with Crippen LogP contribution in [0.2, 0.25) is 0 Å². The molecule has 0 spiro atoms. The predicted molar refractivity (Wildman–Crippen MR) is 66.0 cm³/mol. The van der Waals surface area contributed by atoms with Crippen molar-refractivity contribution in [3.05, 3.63) is 42.0 Å². The SMILES string of the molecule is Cc1ccn(-c2ccnc(CNC3CC3)c2)n1. The third kappa shape index (κ3) is 2.53. The molecule has 1 N–H and O–H groups in total. The molecule has 0 unspecified atom stereocenters. The van der Waals surface area contributed by atoms with Crippen LogP contribution in [0.4, 0.5) is 0 Å². The molecule has 88 valence electrons. The van der Waals surface area contributed by atoms with Crippen molar-refractivity contribution in [3.8, 4) is 5.69 Å². The van der Waals surface area contributed by atoms with Gasteiger partial charge in [-0.2, -0.15) is 5.10 Å². The lowest BCUT2D eigenvalue weighted by Crippen LogP contribution is -2.16. The van der Waals surface area contributed by atoms with Gasteiger partial charge in [-0.3, -0.25) is 4.98 Å². The fourth-order valence-corrected chi connectivity index (χ4v) is 1.80.